The fraction of sp³-hybridized carbons (Fsp3) is 1.00. The molecule has 1 nitrogen and oxygen atoms in total. The maximum absolute atomic E-state index is 5.55. The molecule has 0 unspecified atom stereocenters. The van der Waals surface area contributed by atoms with E-state index in [2.05, 4.69) is 6.92 Å². The van der Waals surface area contributed by atoms with Crippen LogP contribution >= 0.6 is 0 Å². The molecule has 0 saturated carbocycles. The zero-order valence-electron chi connectivity index (χ0n) is 4.55. The molecule has 1 aliphatic rings. The van der Waals surface area contributed by atoms with Gasteiger partial charge in [-0.25, -0.2) is 0 Å². The van der Waals surface area contributed by atoms with E-state index >= 15 is 0 Å². The molecule has 2 radical (unpaired) electrons. The molecule has 0 aromatic heterocycles. The lowest BCUT2D eigenvalue weighted by molar-refractivity contribution is 0.188. The molecule has 0 N–H and O–H groups in total. The van der Waals surface area contributed by atoms with Crippen molar-refractivity contribution in [2.24, 2.45) is 5.92 Å². The summed E-state index contributed by atoms with van der Waals surface area (Å²) in [5.41, 5.74) is 0. The highest BCUT2D eigenvalue weighted by atomic mass is 16.5. The third kappa shape index (κ3) is 0.971. The Kier molecular flexibility index (Phi) is 1.38. The maximum Gasteiger partial charge on any atom is 0.0735 e. The first-order chi connectivity index (χ1) is 3.30. The second kappa shape index (κ2) is 1.87. The van der Waals surface area contributed by atoms with E-state index in [9.17, 15) is 0 Å². The van der Waals surface area contributed by atoms with Crippen molar-refractivity contribution in [3.8, 4) is 0 Å². The van der Waals surface area contributed by atoms with Crippen molar-refractivity contribution in [1.29, 1.82) is 0 Å². The molecule has 0 aromatic rings. The lowest BCUT2D eigenvalue weighted by Crippen LogP contribution is -1.99. The Bertz CT molecular complexity index is 57.1. The van der Waals surface area contributed by atoms with Crippen molar-refractivity contribution in [1.82, 2.24) is 0 Å². The van der Waals surface area contributed by atoms with Crippen LogP contribution in [0.2, 0.25) is 5.82 Å². The molecule has 2 atom stereocenters. The highest BCUT2D eigenvalue weighted by Crippen LogP contribution is 2.20. The van der Waals surface area contributed by atoms with Crippen LogP contribution in [-0.2, 0) is 4.74 Å². The third-order valence-corrected chi connectivity index (χ3v) is 1.42. The van der Waals surface area contributed by atoms with Crippen LogP contribution in [0.4, 0.5) is 0 Å². The fourth-order valence-corrected chi connectivity index (χ4v) is 0.678. The van der Waals surface area contributed by atoms with Gasteiger partial charge < -0.3 is 4.74 Å². The Morgan fingerprint density at radius 3 is 2.43 bits per heavy atom. The highest BCUT2D eigenvalue weighted by Gasteiger charge is 2.17. The minimum atomic E-state index is 0.292. The molecule has 1 saturated heterocycles. The summed E-state index contributed by atoms with van der Waals surface area (Å²) in [6.07, 6.45) is 0. The van der Waals surface area contributed by atoms with E-state index < -0.39 is 0 Å². The van der Waals surface area contributed by atoms with Crippen LogP contribution in [0.15, 0.2) is 0 Å². The van der Waals surface area contributed by atoms with E-state index in [1.807, 2.05) is 0 Å². The molecular weight excluding hydrogens is 86.9 g/mol. The summed E-state index contributed by atoms with van der Waals surface area (Å²) < 4.78 is 5.04. The average Bonchev–Trinajstić information content (AvgIpc) is 1.91. The van der Waals surface area contributed by atoms with Gasteiger partial charge in [0.05, 0.1) is 7.85 Å². The molecule has 0 bridgehead atoms. The van der Waals surface area contributed by atoms with Crippen LogP contribution < -0.4 is 0 Å². The van der Waals surface area contributed by atoms with Crippen LogP contribution in [0.5, 0.6) is 0 Å². The first kappa shape index (κ1) is 5.17. The Hall–Kier alpha value is 0.0249. The van der Waals surface area contributed by atoms with E-state index in [0.29, 0.717) is 11.7 Å². The van der Waals surface area contributed by atoms with Gasteiger partial charge in [-0.15, -0.1) is 0 Å². The van der Waals surface area contributed by atoms with Gasteiger partial charge in [-0.05, 0) is 11.7 Å². The van der Waals surface area contributed by atoms with Crippen molar-refractivity contribution in [2.45, 2.75) is 12.7 Å². The van der Waals surface area contributed by atoms with Crippen LogP contribution in [0, 0.1) is 5.92 Å². The molecule has 1 rings (SSSR count). The first-order valence-corrected chi connectivity index (χ1v) is 2.64. The van der Waals surface area contributed by atoms with Crippen molar-refractivity contribution in [3.63, 3.8) is 0 Å². The number of hydrogen-bond donors (Lipinski definition) is 0. The number of hydrogen-bond acceptors (Lipinski definition) is 1. The van der Waals surface area contributed by atoms with Crippen LogP contribution in [0.1, 0.15) is 6.92 Å². The first-order valence-electron chi connectivity index (χ1n) is 2.64. The second-order valence-electron chi connectivity index (χ2n) is 2.18. The summed E-state index contributed by atoms with van der Waals surface area (Å²) in [7, 11) is 5.55. The molecule has 1 fully saturated rings. The van der Waals surface area contributed by atoms with Gasteiger partial charge in [0.2, 0.25) is 0 Å². The average molecular weight is 95.9 g/mol. The van der Waals surface area contributed by atoms with Crippen molar-refractivity contribution < 1.29 is 4.74 Å². The van der Waals surface area contributed by atoms with Crippen LogP contribution in [0.25, 0.3) is 0 Å². The quantitative estimate of drug-likeness (QED) is 0.401. The molecule has 38 valence electrons. The van der Waals surface area contributed by atoms with Gasteiger partial charge in [-0.3, -0.25) is 0 Å². The van der Waals surface area contributed by atoms with Gasteiger partial charge in [0, 0.05) is 13.2 Å². The minimum Gasteiger partial charge on any atom is -0.382 e. The van der Waals surface area contributed by atoms with Crippen molar-refractivity contribution in [3.05, 3.63) is 0 Å². The summed E-state index contributed by atoms with van der Waals surface area (Å²) in [5, 5.41) is 0. The lowest BCUT2D eigenvalue weighted by Gasteiger charge is -2.02. The summed E-state index contributed by atoms with van der Waals surface area (Å²) in [4.78, 5) is 0. The molecule has 0 aromatic carbocycles. The number of rotatable bonds is 0. The zero-order chi connectivity index (χ0) is 5.28. The van der Waals surface area contributed by atoms with E-state index in [0.717, 1.165) is 13.2 Å². The Balaban J connectivity index is 2.33. The molecule has 0 spiro atoms. The zero-order valence-corrected chi connectivity index (χ0v) is 4.55. The van der Waals surface area contributed by atoms with Gasteiger partial charge in [0.15, 0.2) is 0 Å². The van der Waals surface area contributed by atoms with Crippen molar-refractivity contribution in [2.75, 3.05) is 13.2 Å². The maximum atomic E-state index is 5.55. The van der Waals surface area contributed by atoms with Gasteiger partial charge in [0.25, 0.3) is 0 Å². The predicted molar refractivity (Wildman–Crippen MR) is 29.5 cm³/mol. The fourth-order valence-electron chi connectivity index (χ4n) is 0.678. The largest absolute Gasteiger partial charge is 0.382 e. The molecular formula is C5H9BO. The van der Waals surface area contributed by atoms with E-state index in [1.54, 1.807) is 0 Å². The van der Waals surface area contributed by atoms with Gasteiger partial charge in [0.1, 0.15) is 0 Å². The smallest absolute Gasteiger partial charge is 0.0735 e. The predicted octanol–water partition coefficient (Wildman–Crippen LogP) is 0.610. The topological polar surface area (TPSA) is 9.23 Å². The van der Waals surface area contributed by atoms with Crippen LogP contribution in [-0.4, -0.2) is 21.1 Å². The van der Waals surface area contributed by atoms with E-state index in [1.165, 1.54) is 0 Å². The SMILES string of the molecule is [B][C@@H]1COC[C@H]1C. The third-order valence-electron chi connectivity index (χ3n) is 1.42. The lowest BCUT2D eigenvalue weighted by atomic mass is 9.80. The standard InChI is InChI=1S/C5H9BO/c1-4-2-7-3-5(4)6/h4-5H,2-3H2,1H3/t4-,5-/m1/s1. The van der Waals surface area contributed by atoms with E-state index in [4.69, 9.17) is 12.6 Å². The van der Waals surface area contributed by atoms with E-state index in [-0.39, 0.29) is 0 Å². The summed E-state index contributed by atoms with van der Waals surface area (Å²) in [6.45, 7) is 3.71. The number of ether oxygens (including phenoxy) is 1. The molecule has 1 aliphatic heterocycles. The van der Waals surface area contributed by atoms with Crippen LogP contribution in [0.3, 0.4) is 0 Å². The minimum absolute atomic E-state index is 0.292. The second-order valence-corrected chi connectivity index (χ2v) is 2.18. The van der Waals surface area contributed by atoms with Crippen molar-refractivity contribution >= 4 is 7.85 Å². The van der Waals surface area contributed by atoms with Gasteiger partial charge in [-0.1, -0.05) is 6.92 Å². The summed E-state index contributed by atoms with van der Waals surface area (Å²) in [5.74, 6) is 0.861. The van der Waals surface area contributed by atoms with Gasteiger partial charge >= 0.3 is 0 Å². The molecule has 2 heteroatoms. The monoisotopic (exact) mass is 96.1 g/mol. The molecule has 1 heterocycles. The Morgan fingerprint density at radius 2 is 2.29 bits per heavy atom. The molecule has 0 aliphatic carbocycles. The molecule has 0 amide bonds. The normalized spacial score (nSPS) is 41.9. The Labute approximate surface area is 45.5 Å². The Morgan fingerprint density at radius 1 is 1.57 bits per heavy atom. The summed E-state index contributed by atoms with van der Waals surface area (Å²) >= 11 is 0. The molecule has 7 heavy (non-hydrogen) atoms. The summed E-state index contributed by atoms with van der Waals surface area (Å²) in [6, 6.07) is 0. The van der Waals surface area contributed by atoms with Gasteiger partial charge in [-0.2, -0.15) is 0 Å². The highest BCUT2D eigenvalue weighted by molar-refractivity contribution is 6.12.